The molecule has 2 rings (SSSR count). The zero-order valence-electron chi connectivity index (χ0n) is 9.94. The van der Waals surface area contributed by atoms with Crippen molar-refractivity contribution in [3.8, 4) is 0 Å². The fraction of sp³-hybridized carbons (Fsp3) is 0.286. The van der Waals surface area contributed by atoms with Gasteiger partial charge in [0.2, 0.25) is 0 Å². The highest BCUT2D eigenvalue weighted by atomic mass is 19.1. The van der Waals surface area contributed by atoms with Gasteiger partial charge >= 0.3 is 0 Å². The lowest BCUT2D eigenvalue weighted by Crippen LogP contribution is -2.07. The quantitative estimate of drug-likeness (QED) is 0.862. The Balaban J connectivity index is 2.11. The second-order valence-corrected chi connectivity index (χ2v) is 4.26. The van der Waals surface area contributed by atoms with Gasteiger partial charge in [-0.2, -0.15) is 0 Å². The maximum atomic E-state index is 13.0. The van der Waals surface area contributed by atoms with Crippen LogP contribution in [-0.4, -0.2) is 4.57 Å². The van der Waals surface area contributed by atoms with Crippen molar-refractivity contribution in [3.63, 3.8) is 0 Å². The minimum atomic E-state index is -0.194. The van der Waals surface area contributed by atoms with Crippen molar-refractivity contribution in [2.24, 2.45) is 5.73 Å². The van der Waals surface area contributed by atoms with Gasteiger partial charge in [-0.15, -0.1) is 0 Å². The molecule has 1 heterocycles. The van der Waals surface area contributed by atoms with Gasteiger partial charge in [0.1, 0.15) is 5.82 Å². The number of benzene rings is 1. The van der Waals surface area contributed by atoms with E-state index in [1.54, 1.807) is 12.1 Å². The van der Waals surface area contributed by atoms with E-state index in [0.717, 1.165) is 17.5 Å². The summed E-state index contributed by atoms with van der Waals surface area (Å²) in [6.45, 7) is 2.74. The van der Waals surface area contributed by atoms with E-state index in [-0.39, 0.29) is 11.9 Å². The summed E-state index contributed by atoms with van der Waals surface area (Å²) in [7, 11) is 0. The van der Waals surface area contributed by atoms with E-state index >= 15 is 0 Å². The fourth-order valence-electron chi connectivity index (χ4n) is 1.86. The fourth-order valence-corrected chi connectivity index (χ4v) is 1.86. The normalized spacial score (nSPS) is 12.6. The summed E-state index contributed by atoms with van der Waals surface area (Å²) in [6, 6.07) is 8.77. The van der Waals surface area contributed by atoms with Crippen molar-refractivity contribution in [1.29, 1.82) is 0 Å². The Kier molecular flexibility index (Phi) is 3.59. The maximum absolute atomic E-state index is 13.0. The number of nitrogens with two attached hydrogens (primary N) is 1. The highest BCUT2D eigenvalue weighted by Gasteiger charge is 2.05. The van der Waals surface area contributed by atoms with Crippen molar-refractivity contribution in [3.05, 3.63) is 59.7 Å². The molecule has 0 radical (unpaired) electrons. The third-order valence-corrected chi connectivity index (χ3v) is 2.90. The van der Waals surface area contributed by atoms with Crippen LogP contribution in [0.5, 0.6) is 0 Å². The molecule has 0 aliphatic heterocycles. The van der Waals surface area contributed by atoms with Crippen LogP contribution in [0, 0.1) is 5.82 Å². The summed E-state index contributed by atoms with van der Waals surface area (Å²) >= 11 is 0. The van der Waals surface area contributed by atoms with Crippen molar-refractivity contribution < 1.29 is 4.39 Å². The Labute approximate surface area is 101 Å². The summed E-state index contributed by atoms with van der Waals surface area (Å²) in [4.78, 5) is 0. The predicted octanol–water partition coefficient (Wildman–Crippen LogP) is 3.09. The third kappa shape index (κ3) is 2.94. The molecule has 1 atom stereocenters. The molecule has 0 fully saturated rings. The second-order valence-electron chi connectivity index (χ2n) is 4.26. The highest BCUT2D eigenvalue weighted by Crippen LogP contribution is 2.15. The smallest absolute Gasteiger partial charge is 0.123 e. The van der Waals surface area contributed by atoms with Crippen LogP contribution in [0.25, 0.3) is 0 Å². The molecule has 0 aliphatic carbocycles. The molecule has 0 saturated heterocycles. The number of hydrogen-bond donors (Lipinski definition) is 1. The average molecular weight is 232 g/mol. The number of aromatic nitrogens is 1. The number of rotatable bonds is 4. The molecule has 90 valence electrons. The van der Waals surface area contributed by atoms with Gasteiger partial charge in [0.05, 0.1) is 0 Å². The molecule has 2 N–H and O–H groups in total. The lowest BCUT2D eigenvalue weighted by molar-refractivity contribution is 0.623. The molecular formula is C14H17FN2. The van der Waals surface area contributed by atoms with Gasteiger partial charge in [0.25, 0.3) is 0 Å². The average Bonchev–Trinajstić information content (AvgIpc) is 2.76. The third-order valence-electron chi connectivity index (χ3n) is 2.90. The largest absolute Gasteiger partial charge is 0.350 e. The van der Waals surface area contributed by atoms with Gasteiger partial charge in [-0.3, -0.25) is 0 Å². The van der Waals surface area contributed by atoms with E-state index in [9.17, 15) is 4.39 Å². The minimum absolute atomic E-state index is 0.0868. The van der Waals surface area contributed by atoms with E-state index in [2.05, 4.69) is 6.92 Å². The zero-order valence-corrected chi connectivity index (χ0v) is 9.94. The summed E-state index contributed by atoms with van der Waals surface area (Å²) in [5, 5.41) is 0. The first kappa shape index (κ1) is 11.9. The summed E-state index contributed by atoms with van der Waals surface area (Å²) in [5.41, 5.74) is 8.04. The van der Waals surface area contributed by atoms with Crippen LogP contribution in [0.2, 0.25) is 0 Å². The molecule has 1 unspecified atom stereocenters. The summed E-state index contributed by atoms with van der Waals surface area (Å²) < 4.78 is 15.1. The van der Waals surface area contributed by atoms with Crippen LogP contribution in [0.3, 0.4) is 0 Å². The number of hydrogen-bond acceptors (Lipinski definition) is 1. The van der Waals surface area contributed by atoms with E-state index in [0.29, 0.717) is 6.54 Å². The van der Waals surface area contributed by atoms with Crippen LogP contribution in [-0.2, 0) is 6.54 Å². The molecule has 2 aromatic rings. The molecule has 0 aliphatic rings. The topological polar surface area (TPSA) is 30.9 Å². The zero-order chi connectivity index (χ0) is 12.3. The maximum Gasteiger partial charge on any atom is 0.123 e. The Bertz CT molecular complexity index is 490. The molecule has 0 amide bonds. The summed E-state index contributed by atoms with van der Waals surface area (Å²) in [5.74, 6) is -0.194. The van der Waals surface area contributed by atoms with Gasteiger partial charge in [0, 0.05) is 25.0 Å². The Morgan fingerprint density at radius 3 is 2.88 bits per heavy atom. The predicted molar refractivity (Wildman–Crippen MR) is 67.2 cm³/mol. The lowest BCUT2D eigenvalue weighted by atomic mass is 10.1. The van der Waals surface area contributed by atoms with Crippen LogP contribution >= 0.6 is 0 Å². The molecule has 0 spiro atoms. The van der Waals surface area contributed by atoms with Gasteiger partial charge in [-0.25, -0.2) is 4.39 Å². The standard InChI is InChI=1S/C14H17FN2/c1-2-14(16)12-6-7-17(10-12)9-11-4-3-5-13(15)8-11/h3-8,10,14H,2,9,16H2,1H3. The van der Waals surface area contributed by atoms with Crippen LogP contribution < -0.4 is 5.73 Å². The Morgan fingerprint density at radius 2 is 2.18 bits per heavy atom. The van der Waals surface area contributed by atoms with Crippen molar-refractivity contribution in [1.82, 2.24) is 4.57 Å². The van der Waals surface area contributed by atoms with E-state index in [4.69, 9.17) is 5.73 Å². The number of halogens is 1. The first-order chi connectivity index (χ1) is 8.19. The first-order valence-corrected chi connectivity index (χ1v) is 5.84. The monoisotopic (exact) mass is 232 g/mol. The molecular weight excluding hydrogens is 215 g/mol. The van der Waals surface area contributed by atoms with E-state index in [1.807, 2.05) is 29.1 Å². The molecule has 0 bridgehead atoms. The first-order valence-electron chi connectivity index (χ1n) is 5.84. The van der Waals surface area contributed by atoms with E-state index < -0.39 is 0 Å². The number of nitrogens with zero attached hydrogens (tertiary/aromatic N) is 1. The van der Waals surface area contributed by atoms with Gasteiger partial charge in [-0.1, -0.05) is 19.1 Å². The van der Waals surface area contributed by atoms with Crippen LogP contribution in [0.15, 0.2) is 42.7 Å². The molecule has 17 heavy (non-hydrogen) atoms. The van der Waals surface area contributed by atoms with Gasteiger partial charge < -0.3 is 10.3 Å². The molecule has 2 nitrogen and oxygen atoms in total. The SMILES string of the molecule is CCC(N)c1ccn(Cc2cccc(F)c2)c1. The van der Waals surface area contributed by atoms with Crippen LogP contribution in [0.4, 0.5) is 4.39 Å². The Morgan fingerprint density at radius 1 is 1.35 bits per heavy atom. The van der Waals surface area contributed by atoms with Crippen molar-refractivity contribution >= 4 is 0 Å². The second kappa shape index (κ2) is 5.15. The van der Waals surface area contributed by atoms with Crippen molar-refractivity contribution in [2.75, 3.05) is 0 Å². The highest BCUT2D eigenvalue weighted by molar-refractivity contribution is 5.19. The lowest BCUT2D eigenvalue weighted by Gasteiger charge is -2.06. The molecule has 3 heteroatoms. The Hall–Kier alpha value is -1.61. The molecule has 1 aromatic carbocycles. The van der Waals surface area contributed by atoms with Crippen molar-refractivity contribution in [2.45, 2.75) is 25.9 Å². The van der Waals surface area contributed by atoms with Crippen LogP contribution in [0.1, 0.15) is 30.5 Å². The van der Waals surface area contributed by atoms with Gasteiger partial charge in [-0.05, 0) is 35.7 Å². The molecule has 1 aromatic heterocycles. The molecule has 0 saturated carbocycles. The minimum Gasteiger partial charge on any atom is -0.350 e. The van der Waals surface area contributed by atoms with Gasteiger partial charge in [0.15, 0.2) is 0 Å². The van der Waals surface area contributed by atoms with E-state index in [1.165, 1.54) is 6.07 Å². The summed E-state index contributed by atoms with van der Waals surface area (Å²) in [6.07, 6.45) is 4.93.